The Kier molecular flexibility index (Phi) is 3.98. The summed E-state index contributed by atoms with van der Waals surface area (Å²) >= 11 is 0. The summed E-state index contributed by atoms with van der Waals surface area (Å²) in [4.78, 5) is 0. The van der Waals surface area contributed by atoms with Crippen molar-refractivity contribution in [2.75, 3.05) is 0 Å². The number of benzene rings is 2. The van der Waals surface area contributed by atoms with Crippen LogP contribution in [0, 0.1) is 6.07 Å². The third kappa shape index (κ3) is 2.63. The van der Waals surface area contributed by atoms with Gasteiger partial charge in [-0.05, 0) is 41.3 Å². The van der Waals surface area contributed by atoms with E-state index in [0.29, 0.717) is 0 Å². The van der Waals surface area contributed by atoms with Crippen LogP contribution in [0.5, 0.6) is 0 Å². The van der Waals surface area contributed by atoms with E-state index in [4.69, 9.17) is 0 Å². The van der Waals surface area contributed by atoms with Crippen LogP contribution >= 0.6 is 0 Å². The molecule has 1 radical (unpaired) electrons. The maximum absolute atomic E-state index is 3.18. The second kappa shape index (κ2) is 5.69. The highest BCUT2D eigenvalue weighted by atomic mass is 14.0. The number of aryl methyl sites for hydroxylation is 1. The maximum Gasteiger partial charge on any atom is -0.0146 e. The first-order valence-corrected chi connectivity index (χ1v) is 6.29. The summed E-state index contributed by atoms with van der Waals surface area (Å²) in [5.41, 5.74) is 1.48. The molecule has 0 atom stereocenters. The second-order valence-electron chi connectivity index (χ2n) is 4.38. The molecular formula is C16H19. The van der Waals surface area contributed by atoms with Crippen molar-refractivity contribution >= 4 is 10.8 Å². The lowest BCUT2D eigenvalue weighted by atomic mass is 9.99. The Morgan fingerprint density at radius 1 is 1.06 bits per heavy atom. The highest BCUT2D eigenvalue weighted by molar-refractivity contribution is 5.85. The second-order valence-corrected chi connectivity index (χ2v) is 4.38. The SMILES string of the molecule is CCCCCCc1cccc2cc[c]cc12. The third-order valence-electron chi connectivity index (χ3n) is 3.12. The van der Waals surface area contributed by atoms with Gasteiger partial charge in [0.1, 0.15) is 0 Å². The number of hydrogen-bond donors (Lipinski definition) is 0. The van der Waals surface area contributed by atoms with E-state index in [0.717, 1.165) is 0 Å². The van der Waals surface area contributed by atoms with E-state index in [9.17, 15) is 0 Å². The molecule has 83 valence electrons. The van der Waals surface area contributed by atoms with E-state index in [-0.39, 0.29) is 0 Å². The van der Waals surface area contributed by atoms with Gasteiger partial charge in [-0.1, -0.05) is 56.5 Å². The normalized spacial score (nSPS) is 10.8. The van der Waals surface area contributed by atoms with Gasteiger partial charge in [0, 0.05) is 0 Å². The highest BCUT2D eigenvalue weighted by Gasteiger charge is 1.99. The van der Waals surface area contributed by atoms with Crippen molar-refractivity contribution in [3.05, 3.63) is 48.0 Å². The number of hydrogen-bond acceptors (Lipinski definition) is 0. The molecule has 0 aliphatic heterocycles. The smallest absolute Gasteiger partial charge is 0.0146 e. The van der Waals surface area contributed by atoms with E-state index in [1.807, 2.05) is 6.07 Å². The standard InChI is InChI=1S/C16H19/c1-2-3-4-5-9-14-11-8-12-15-10-6-7-13-16(14)15/h6,8,10-13H,2-5,9H2,1H3. The van der Waals surface area contributed by atoms with Crippen LogP contribution in [0.1, 0.15) is 38.2 Å². The zero-order valence-electron chi connectivity index (χ0n) is 10.00. The zero-order valence-corrected chi connectivity index (χ0v) is 10.00. The van der Waals surface area contributed by atoms with Gasteiger partial charge in [0.05, 0.1) is 0 Å². The lowest BCUT2D eigenvalue weighted by Gasteiger charge is -2.05. The molecule has 2 rings (SSSR count). The van der Waals surface area contributed by atoms with Crippen molar-refractivity contribution in [1.82, 2.24) is 0 Å². The fourth-order valence-electron chi connectivity index (χ4n) is 2.18. The average molecular weight is 211 g/mol. The van der Waals surface area contributed by atoms with Crippen molar-refractivity contribution in [1.29, 1.82) is 0 Å². The molecule has 16 heavy (non-hydrogen) atoms. The molecule has 0 aromatic heterocycles. The Morgan fingerprint density at radius 3 is 2.88 bits per heavy atom. The average Bonchev–Trinajstić information content (AvgIpc) is 2.35. The molecule has 0 heteroatoms. The van der Waals surface area contributed by atoms with Crippen molar-refractivity contribution in [2.45, 2.75) is 39.0 Å². The zero-order chi connectivity index (χ0) is 11.2. The molecule has 0 bridgehead atoms. The summed E-state index contributed by atoms with van der Waals surface area (Å²) in [7, 11) is 0. The van der Waals surface area contributed by atoms with Crippen molar-refractivity contribution in [2.24, 2.45) is 0 Å². The van der Waals surface area contributed by atoms with Gasteiger partial charge in [-0.3, -0.25) is 0 Å². The van der Waals surface area contributed by atoms with Crippen LogP contribution in [0.2, 0.25) is 0 Å². The first-order valence-electron chi connectivity index (χ1n) is 6.29. The molecule has 0 aliphatic carbocycles. The van der Waals surface area contributed by atoms with Gasteiger partial charge in [0.25, 0.3) is 0 Å². The molecule has 2 aromatic rings. The fourth-order valence-corrected chi connectivity index (χ4v) is 2.18. The summed E-state index contributed by atoms with van der Waals surface area (Å²) in [5, 5.41) is 2.72. The molecule has 0 spiro atoms. The molecule has 0 amide bonds. The Balaban J connectivity index is 2.11. The van der Waals surface area contributed by atoms with Crippen LogP contribution < -0.4 is 0 Å². The summed E-state index contributed by atoms with van der Waals surface area (Å²) in [6.45, 7) is 2.26. The van der Waals surface area contributed by atoms with Gasteiger partial charge in [-0.15, -0.1) is 0 Å². The molecule has 0 saturated carbocycles. The van der Waals surface area contributed by atoms with Crippen molar-refractivity contribution in [3.8, 4) is 0 Å². The molecule has 0 heterocycles. The van der Waals surface area contributed by atoms with Gasteiger partial charge in [-0.25, -0.2) is 0 Å². The van der Waals surface area contributed by atoms with E-state index in [1.54, 1.807) is 0 Å². The molecule has 0 unspecified atom stereocenters. The maximum atomic E-state index is 3.18. The van der Waals surface area contributed by atoms with Crippen molar-refractivity contribution in [3.63, 3.8) is 0 Å². The van der Waals surface area contributed by atoms with E-state index in [2.05, 4.69) is 43.3 Å². The van der Waals surface area contributed by atoms with Gasteiger partial charge < -0.3 is 0 Å². The highest BCUT2D eigenvalue weighted by Crippen LogP contribution is 2.20. The van der Waals surface area contributed by atoms with Crippen LogP contribution in [-0.4, -0.2) is 0 Å². The van der Waals surface area contributed by atoms with E-state index < -0.39 is 0 Å². The van der Waals surface area contributed by atoms with Crippen LogP contribution in [0.3, 0.4) is 0 Å². The molecule has 0 aliphatic rings. The summed E-state index contributed by atoms with van der Waals surface area (Å²) < 4.78 is 0. The minimum atomic E-state index is 1.20. The largest absolute Gasteiger partial charge is 0.0654 e. The monoisotopic (exact) mass is 211 g/mol. The summed E-state index contributed by atoms with van der Waals surface area (Å²) in [6.07, 6.45) is 6.53. The Bertz CT molecular complexity index is 437. The van der Waals surface area contributed by atoms with Gasteiger partial charge in [0.15, 0.2) is 0 Å². The summed E-state index contributed by atoms with van der Waals surface area (Å²) in [5.74, 6) is 0. The lowest BCUT2D eigenvalue weighted by Crippen LogP contribution is -1.87. The summed E-state index contributed by atoms with van der Waals surface area (Å²) in [6, 6.07) is 16.0. The molecule has 2 aromatic carbocycles. The third-order valence-corrected chi connectivity index (χ3v) is 3.12. The minimum absolute atomic E-state index is 1.20. The molecular weight excluding hydrogens is 192 g/mol. The number of rotatable bonds is 5. The Morgan fingerprint density at radius 2 is 2.00 bits per heavy atom. The number of unbranched alkanes of at least 4 members (excludes halogenated alkanes) is 3. The van der Waals surface area contributed by atoms with E-state index in [1.165, 1.54) is 48.4 Å². The molecule has 0 N–H and O–H groups in total. The van der Waals surface area contributed by atoms with E-state index >= 15 is 0 Å². The first kappa shape index (κ1) is 11.2. The van der Waals surface area contributed by atoms with Gasteiger partial charge >= 0.3 is 0 Å². The van der Waals surface area contributed by atoms with Crippen LogP contribution in [0.4, 0.5) is 0 Å². The fraction of sp³-hybridized carbons (Fsp3) is 0.375. The Labute approximate surface area is 98.3 Å². The quantitative estimate of drug-likeness (QED) is 0.625. The van der Waals surface area contributed by atoms with Crippen LogP contribution in [-0.2, 0) is 6.42 Å². The Hall–Kier alpha value is -1.30. The first-order chi connectivity index (χ1) is 7.92. The van der Waals surface area contributed by atoms with Crippen molar-refractivity contribution < 1.29 is 0 Å². The van der Waals surface area contributed by atoms with Crippen LogP contribution in [0.25, 0.3) is 10.8 Å². The topological polar surface area (TPSA) is 0 Å². The van der Waals surface area contributed by atoms with Crippen LogP contribution in [0.15, 0.2) is 36.4 Å². The molecule has 0 nitrogen and oxygen atoms in total. The minimum Gasteiger partial charge on any atom is -0.0654 e. The molecule has 0 saturated heterocycles. The molecule has 0 fully saturated rings. The predicted octanol–water partition coefficient (Wildman–Crippen LogP) is 4.76. The van der Waals surface area contributed by atoms with Gasteiger partial charge in [0.2, 0.25) is 0 Å². The lowest BCUT2D eigenvalue weighted by molar-refractivity contribution is 0.668. The number of fused-ring (bicyclic) bond motifs is 1. The predicted molar refractivity (Wildman–Crippen MR) is 70.6 cm³/mol. The van der Waals surface area contributed by atoms with Gasteiger partial charge in [-0.2, -0.15) is 0 Å².